The Labute approximate surface area is 83.8 Å². The Morgan fingerprint density at radius 3 is 2.50 bits per heavy atom. The average molecular weight is 196 g/mol. The molecule has 0 aliphatic heterocycles. The second-order valence-electron chi connectivity index (χ2n) is 4.75. The topological polar surface area (TPSA) is 54.4 Å². The molecule has 1 aliphatic rings. The van der Waals surface area contributed by atoms with Crippen LogP contribution in [-0.4, -0.2) is 16.9 Å². The third-order valence-electron chi connectivity index (χ3n) is 2.54. The van der Waals surface area contributed by atoms with Crippen LogP contribution in [0.3, 0.4) is 0 Å². The van der Waals surface area contributed by atoms with Crippen LogP contribution in [0.15, 0.2) is 11.6 Å². The lowest BCUT2D eigenvalue weighted by molar-refractivity contribution is -0.141. The first-order valence-corrected chi connectivity index (χ1v) is 4.80. The van der Waals surface area contributed by atoms with E-state index in [4.69, 9.17) is 5.11 Å². The summed E-state index contributed by atoms with van der Waals surface area (Å²) < 4.78 is 0. The van der Waals surface area contributed by atoms with Gasteiger partial charge in [-0.2, -0.15) is 0 Å². The molecule has 0 aromatic rings. The van der Waals surface area contributed by atoms with Crippen molar-refractivity contribution in [2.75, 3.05) is 0 Å². The lowest BCUT2D eigenvalue weighted by atomic mass is 9.73. The van der Waals surface area contributed by atoms with Crippen LogP contribution in [0.1, 0.15) is 33.6 Å². The normalized spacial score (nSPS) is 23.2. The van der Waals surface area contributed by atoms with Gasteiger partial charge in [0.05, 0.1) is 5.92 Å². The largest absolute Gasteiger partial charge is 0.481 e. The van der Waals surface area contributed by atoms with Crippen molar-refractivity contribution in [3.8, 4) is 0 Å². The molecule has 78 valence electrons. The molecule has 1 rings (SSSR count). The number of carbonyl (C=O) groups excluding carboxylic acids is 1. The zero-order valence-electron chi connectivity index (χ0n) is 8.83. The highest BCUT2D eigenvalue weighted by Crippen LogP contribution is 2.36. The van der Waals surface area contributed by atoms with Gasteiger partial charge < -0.3 is 5.11 Å². The van der Waals surface area contributed by atoms with E-state index in [-0.39, 0.29) is 11.2 Å². The van der Waals surface area contributed by atoms with E-state index in [1.807, 2.05) is 20.8 Å². The summed E-state index contributed by atoms with van der Waals surface area (Å²) in [4.78, 5) is 22.2. The van der Waals surface area contributed by atoms with Gasteiger partial charge in [0.25, 0.3) is 0 Å². The van der Waals surface area contributed by atoms with E-state index in [0.29, 0.717) is 12.8 Å². The summed E-state index contributed by atoms with van der Waals surface area (Å²) in [6, 6.07) is 0. The second-order valence-corrected chi connectivity index (χ2v) is 4.75. The zero-order valence-corrected chi connectivity index (χ0v) is 8.83. The van der Waals surface area contributed by atoms with Crippen molar-refractivity contribution in [1.82, 2.24) is 0 Å². The fraction of sp³-hybridized carbons (Fsp3) is 0.636. The Hall–Kier alpha value is -1.12. The number of carbonyl (C=O) groups is 2. The number of ketones is 1. The molecule has 3 nitrogen and oxygen atoms in total. The van der Waals surface area contributed by atoms with Crippen LogP contribution in [0.25, 0.3) is 0 Å². The van der Waals surface area contributed by atoms with Crippen LogP contribution in [0, 0.1) is 11.3 Å². The summed E-state index contributed by atoms with van der Waals surface area (Å²) in [6.45, 7) is 5.81. The molecule has 1 atom stereocenters. The summed E-state index contributed by atoms with van der Waals surface area (Å²) >= 11 is 0. The number of rotatable bonds is 1. The first-order valence-electron chi connectivity index (χ1n) is 4.80. The Balaban J connectivity index is 3.05. The minimum absolute atomic E-state index is 0.0485. The lowest BCUT2D eigenvalue weighted by Gasteiger charge is -2.30. The standard InChI is InChI=1S/C11H16O3/c1-11(2,3)9-6-7(12)4-5-8(9)10(13)14/h6,8H,4-5H2,1-3H3,(H,13,14). The molecule has 0 aromatic heterocycles. The third-order valence-corrected chi connectivity index (χ3v) is 2.54. The molecule has 0 amide bonds. The number of carboxylic acid groups (broad SMARTS) is 1. The summed E-state index contributed by atoms with van der Waals surface area (Å²) in [5.41, 5.74) is 0.514. The molecule has 0 saturated carbocycles. The second kappa shape index (κ2) is 3.56. The van der Waals surface area contributed by atoms with E-state index >= 15 is 0 Å². The molecule has 14 heavy (non-hydrogen) atoms. The summed E-state index contributed by atoms with van der Waals surface area (Å²) in [5.74, 6) is -1.25. The van der Waals surface area contributed by atoms with Gasteiger partial charge >= 0.3 is 5.97 Å². The van der Waals surface area contributed by atoms with Crippen molar-refractivity contribution in [3.63, 3.8) is 0 Å². The molecule has 1 unspecified atom stereocenters. The molecule has 0 saturated heterocycles. The molecule has 0 spiro atoms. The average Bonchev–Trinajstić information content (AvgIpc) is 2.01. The molecule has 0 aromatic carbocycles. The van der Waals surface area contributed by atoms with Crippen LogP contribution in [0.5, 0.6) is 0 Å². The van der Waals surface area contributed by atoms with E-state index in [9.17, 15) is 9.59 Å². The van der Waals surface area contributed by atoms with Gasteiger partial charge in [0.2, 0.25) is 0 Å². The molecule has 0 fully saturated rings. The molecular weight excluding hydrogens is 180 g/mol. The summed E-state index contributed by atoms with van der Waals surface area (Å²) in [7, 11) is 0. The number of hydrogen-bond acceptors (Lipinski definition) is 2. The van der Waals surface area contributed by atoms with Gasteiger partial charge in [0.15, 0.2) is 5.78 Å². The van der Waals surface area contributed by atoms with Crippen molar-refractivity contribution in [1.29, 1.82) is 0 Å². The van der Waals surface area contributed by atoms with E-state index < -0.39 is 11.9 Å². The minimum Gasteiger partial charge on any atom is -0.481 e. The fourth-order valence-electron chi connectivity index (χ4n) is 1.78. The van der Waals surface area contributed by atoms with Crippen LogP contribution in [0.2, 0.25) is 0 Å². The van der Waals surface area contributed by atoms with Crippen molar-refractivity contribution in [2.45, 2.75) is 33.6 Å². The molecule has 3 heteroatoms. The molecule has 0 bridgehead atoms. The van der Waals surface area contributed by atoms with Crippen molar-refractivity contribution < 1.29 is 14.7 Å². The van der Waals surface area contributed by atoms with Crippen molar-refractivity contribution >= 4 is 11.8 Å². The molecule has 0 radical (unpaired) electrons. The molecule has 1 N–H and O–H groups in total. The van der Waals surface area contributed by atoms with Crippen molar-refractivity contribution in [2.24, 2.45) is 11.3 Å². The van der Waals surface area contributed by atoms with Crippen LogP contribution >= 0.6 is 0 Å². The SMILES string of the molecule is CC(C)(C)C1=CC(=O)CCC1C(=O)O. The first-order chi connectivity index (χ1) is 6.32. The van der Waals surface area contributed by atoms with Crippen LogP contribution in [-0.2, 0) is 9.59 Å². The van der Waals surface area contributed by atoms with Gasteiger partial charge in [0, 0.05) is 6.42 Å². The Kier molecular flexibility index (Phi) is 2.79. The maximum absolute atomic E-state index is 11.2. The highest BCUT2D eigenvalue weighted by molar-refractivity contribution is 5.93. The maximum atomic E-state index is 11.2. The summed E-state index contributed by atoms with van der Waals surface area (Å²) in [5, 5.41) is 9.01. The number of allylic oxidation sites excluding steroid dienone is 1. The molecule has 0 heterocycles. The summed E-state index contributed by atoms with van der Waals surface area (Å²) in [6.07, 6.45) is 2.32. The van der Waals surface area contributed by atoms with Crippen LogP contribution in [0.4, 0.5) is 0 Å². The third kappa shape index (κ3) is 2.22. The lowest BCUT2D eigenvalue weighted by Crippen LogP contribution is -2.29. The quantitative estimate of drug-likeness (QED) is 0.698. The number of carboxylic acids is 1. The molecule has 1 aliphatic carbocycles. The Bertz CT molecular complexity index is 294. The maximum Gasteiger partial charge on any atom is 0.310 e. The van der Waals surface area contributed by atoms with Gasteiger partial charge in [-0.3, -0.25) is 9.59 Å². The smallest absolute Gasteiger partial charge is 0.310 e. The monoisotopic (exact) mass is 196 g/mol. The zero-order chi connectivity index (χ0) is 10.9. The predicted octanol–water partition coefficient (Wildman–Crippen LogP) is 2.02. The van der Waals surface area contributed by atoms with E-state index in [0.717, 1.165) is 5.57 Å². The van der Waals surface area contributed by atoms with E-state index in [1.165, 1.54) is 6.08 Å². The minimum atomic E-state index is -0.821. The van der Waals surface area contributed by atoms with Gasteiger partial charge in [-0.25, -0.2) is 0 Å². The number of hydrogen-bond donors (Lipinski definition) is 1. The highest BCUT2D eigenvalue weighted by atomic mass is 16.4. The predicted molar refractivity (Wildman–Crippen MR) is 52.9 cm³/mol. The van der Waals surface area contributed by atoms with E-state index in [2.05, 4.69) is 0 Å². The van der Waals surface area contributed by atoms with Gasteiger partial charge in [-0.1, -0.05) is 20.8 Å². The number of aliphatic carboxylic acids is 1. The highest BCUT2D eigenvalue weighted by Gasteiger charge is 2.33. The van der Waals surface area contributed by atoms with Crippen molar-refractivity contribution in [3.05, 3.63) is 11.6 Å². The fourth-order valence-corrected chi connectivity index (χ4v) is 1.78. The van der Waals surface area contributed by atoms with E-state index in [1.54, 1.807) is 0 Å². The Morgan fingerprint density at radius 2 is 2.07 bits per heavy atom. The molecular formula is C11H16O3. The van der Waals surface area contributed by atoms with Gasteiger partial charge in [0.1, 0.15) is 0 Å². The van der Waals surface area contributed by atoms with Gasteiger partial charge in [-0.05, 0) is 23.5 Å². The van der Waals surface area contributed by atoms with Crippen LogP contribution < -0.4 is 0 Å². The van der Waals surface area contributed by atoms with Gasteiger partial charge in [-0.15, -0.1) is 0 Å². The Morgan fingerprint density at radius 1 is 1.50 bits per heavy atom. The first kappa shape index (κ1) is 11.0.